The number of rotatable bonds is 2. The van der Waals surface area contributed by atoms with E-state index in [1.165, 1.54) is 11.3 Å². The largest absolute Gasteiger partial charge is 0.263 e. The number of hydrogen-bond donors (Lipinski definition) is 0. The summed E-state index contributed by atoms with van der Waals surface area (Å²) in [6.07, 6.45) is 1.72. The van der Waals surface area contributed by atoms with Crippen molar-refractivity contribution >= 4 is 11.6 Å². The summed E-state index contributed by atoms with van der Waals surface area (Å²) in [6, 6.07) is 3.64. The number of halogens is 1. The van der Waals surface area contributed by atoms with Gasteiger partial charge in [-0.15, -0.1) is 0 Å². The third kappa shape index (κ3) is 2.09. The van der Waals surface area contributed by atoms with Crippen molar-refractivity contribution in [2.75, 3.05) is 0 Å². The van der Waals surface area contributed by atoms with Crippen LogP contribution in [0.3, 0.4) is 0 Å². The van der Waals surface area contributed by atoms with Gasteiger partial charge in [-0.3, -0.25) is 9.67 Å². The normalized spacial score (nSPS) is 10.8. The minimum Gasteiger partial charge on any atom is -0.263 e. The molecule has 16 heavy (non-hydrogen) atoms. The summed E-state index contributed by atoms with van der Waals surface area (Å²) < 4.78 is 1.96. The zero-order valence-corrected chi connectivity index (χ0v) is 10.4. The van der Waals surface area contributed by atoms with E-state index in [-0.39, 0.29) is 0 Å². The Labute approximate surface area is 100 Å². The van der Waals surface area contributed by atoms with E-state index in [9.17, 15) is 0 Å². The minimum atomic E-state index is 0.668. The summed E-state index contributed by atoms with van der Waals surface area (Å²) in [5.74, 6) is 0. The van der Waals surface area contributed by atoms with Gasteiger partial charge in [0, 0.05) is 16.9 Å². The molecule has 0 atom stereocenters. The van der Waals surface area contributed by atoms with Gasteiger partial charge < -0.3 is 0 Å². The molecule has 3 nitrogen and oxygen atoms in total. The second-order valence-electron chi connectivity index (χ2n) is 3.92. The van der Waals surface area contributed by atoms with Crippen molar-refractivity contribution in [3.63, 3.8) is 0 Å². The van der Waals surface area contributed by atoms with Crippen LogP contribution in [0, 0.1) is 20.8 Å². The second-order valence-corrected chi connectivity index (χ2v) is 4.36. The molecule has 2 rings (SSSR count). The molecular weight excluding hydrogens is 222 g/mol. The van der Waals surface area contributed by atoms with Crippen LogP contribution in [0.2, 0.25) is 5.02 Å². The molecule has 0 aromatic carbocycles. The molecule has 0 aliphatic rings. The average Bonchev–Trinajstić information content (AvgIpc) is 2.47. The zero-order chi connectivity index (χ0) is 11.7. The molecule has 0 fully saturated rings. The van der Waals surface area contributed by atoms with E-state index in [4.69, 9.17) is 11.6 Å². The van der Waals surface area contributed by atoms with E-state index in [1.807, 2.05) is 17.7 Å². The Kier molecular flexibility index (Phi) is 2.97. The third-order valence-corrected chi connectivity index (χ3v) is 3.07. The Morgan fingerprint density at radius 1 is 1.31 bits per heavy atom. The van der Waals surface area contributed by atoms with Crippen LogP contribution in [0.1, 0.15) is 22.6 Å². The number of pyridine rings is 1. The Bertz CT molecular complexity index is 517. The van der Waals surface area contributed by atoms with Crippen LogP contribution in [0.4, 0.5) is 0 Å². The molecule has 0 amide bonds. The van der Waals surface area contributed by atoms with Gasteiger partial charge in [-0.25, -0.2) is 0 Å². The topological polar surface area (TPSA) is 30.7 Å². The molecule has 2 heterocycles. The van der Waals surface area contributed by atoms with E-state index in [0.717, 1.165) is 11.4 Å². The van der Waals surface area contributed by atoms with E-state index in [0.29, 0.717) is 11.6 Å². The van der Waals surface area contributed by atoms with Crippen LogP contribution < -0.4 is 0 Å². The SMILES string of the molecule is Cc1nn(Cc2cc(Cl)ccn2)c(C)c1C. The lowest BCUT2D eigenvalue weighted by Gasteiger charge is -2.04. The van der Waals surface area contributed by atoms with Crippen LogP contribution in [0.15, 0.2) is 18.3 Å². The molecule has 0 radical (unpaired) electrons. The lowest BCUT2D eigenvalue weighted by atomic mass is 10.2. The van der Waals surface area contributed by atoms with Gasteiger partial charge in [-0.2, -0.15) is 5.10 Å². The van der Waals surface area contributed by atoms with E-state index >= 15 is 0 Å². The Balaban J connectivity index is 2.30. The van der Waals surface area contributed by atoms with Crippen molar-refractivity contribution in [3.05, 3.63) is 46.0 Å². The first-order valence-electron chi connectivity index (χ1n) is 5.19. The van der Waals surface area contributed by atoms with Crippen molar-refractivity contribution in [3.8, 4) is 0 Å². The van der Waals surface area contributed by atoms with Gasteiger partial charge >= 0.3 is 0 Å². The molecule has 0 spiro atoms. The fourth-order valence-electron chi connectivity index (χ4n) is 1.63. The molecule has 4 heteroatoms. The molecule has 0 saturated heterocycles. The smallest absolute Gasteiger partial charge is 0.0835 e. The van der Waals surface area contributed by atoms with Crippen molar-refractivity contribution in [2.45, 2.75) is 27.3 Å². The molecule has 0 saturated carbocycles. The van der Waals surface area contributed by atoms with E-state index in [1.54, 1.807) is 12.3 Å². The van der Waals surface area contributed by atoms with Crippen LogP contribution in [0.5, 0.6) is 0 Å². The predicted octanol–water partition coefficient (Wildman–Crippen LogP) is 2.91. The maximum Gasteiger partial charge on any atom is 0.0835 e. The standard InChI is InChI=1S/C12H14ClN3/c1-8-9(2)15-16(10(8)3)7-12-6-11(13)4-5-14-12/h4-6H,7H2,1-3H3. The maximum absolute atomic E-state index is 5.92. The number of aromatic nitrogens is 3. The van der Waals surface area contributed by atoms with Crippen LogP contribution in [-0.2, 0) is 6.54 Å². The lowest BCUT2D eigenvalue weighted by molar-refractivity contribution is 0.646. The fourth-order valence-corrected chi connectivity index (χ4v) is 1.81. The third-order valence-electron chi connectivity index (χ3n) is 2.83. The second kappa shape index (κ2) is 4.26. The summed E-state index contributed by atoms with van der Waals surface area (Å²) in [5.41, 5.74) is 4.42. The summed E-state index contributed by atoms with van der Waals surface area (Å²) in [7, 11) is 0. The van der Waals surface area contributed by atoms with Crippen LogP contribution >= 0.6 is 11.6 Å². The monoisotopic (exact) mass is 235 g/mol. The molecule has 0 N–H and O–H groups in total. The first-order valence-corrected chi connectivity index (χ1v) is 5.57. The van der Waals surface area contributed by atoms with E-state index in [2.05, 4.69) is 23.9 Å². The van der Waals surface area contributed by atoms with Gasteiger partial charge in [0.1, 0.15) is 0 Å². The Morgan fingerprint density at radius 3 is 2.62 bits per heavy atom. The first kappa shape index (κ1) is 11.1. The van der Waals surface area contributed by atoms with Crippen LogP contribution in [-0.4, -0.2) is 14.8 Å². The molecule has 2 aromatic heterocycles. The highest BCUT2D eigenvalue weighted by atomic mass is 35.5. The maximum atomic E-state index is 5.92. The summed E-state index contributed by atoms with van der Waals surface area (Å²) in [4.78, 5) is 4.27. The zero-order valence-electron chi connectivity index (χ0n) is 9.66. The number of aryl methyl sites for hydroxylation is 1. The molecule has 2 aromatic rings. The van der Waals surface area contributed by atoms with Gasteiger partial charge in [0.15, 0.2) is 0 Å². The molecule has 0 aliphatic carbocycles. The molecule has 0 bridgehead atoms. The van der Waals surface area contributed by atoms with Gasteiger partial charge in [0.25, 0.3) is 0 Å². The first-order chi connectivity index (χ1) is 7.58. The quantitative estimate of drug-likeness (QED) is 0.802. The Hall–Kier alpha value is -1.35. The fraction of sp³-hybridized carbons (Fsp3) is 0.333. The van der Waals surface area contributed by atoms with Gasteiger partial charge in [-0.05, 0) is 38.5 Å². The van der Waals surface area contributed by atoms with Crippen molar-refractivity contribution < 1.29 is 0 Å². The minimum absolute atomic E-state index is 0.668. The molecule has 0 unspecified atom stereocenters. The highest BCUT2D eigenvalue weighted by Gasteiger charge is 2.07. The van der Waals surface area contributed by atoms with Gasteiger partial charge in [0.05, 0.1) is 17.9 Å². The predicted molar refractivity (Wildman–Crippen MR) is 64.8 cm³/mol. The average molecular weight is 236 g/mol. The van der Waals surface area contributed by atoms with Gasteiger partial charge in [-0.1, -0.05) is 11.6 Å². The summed E-state index contributed by atoms with van der Waals surface area (Å²) >= 11 is 5.92. The molecular formula is C12H14ClN3. The van der Waals surface area contributed by atoms with Gasteiger partial charge in [0.2, 0.25) is 0 Å². The van der Waals surface area contributed by atoms with Crippen molar-refractivity contribution in [1.82, 2.24) is 14.8 Å². The Morgan fingerprint density at radius 2 is 2.06 bits per heavy atom. The number of nitrogens with zero attached hydrogens (tertiary/aromatic N) is 3. The van der Waals surface area contributed by atoms with Crippen molar-refractivity contribution in [1.29, 1.82) is 0 Å². The number of hydrogen-bond acceptors (Lipinski definition) is 2. The molecule has 84 valence electrons. The summed E-state index contributed by atoms with van der Waals surface area (Å²) in [6.45, 7) is 6.84. The summed E-state index contributed by atoms with van der Waals surface area (Å²) in [5, 5.41) is 5.18. The van der Waals surface area contributed by atoms with Crippen LogP contribution in [0.25, 0.3) is 0 Å². The van der Waals surface area contributed by atoms with Crippen molar-refractivity contribution in [2.24, 2.45) is 0 Å². The highest BCUT2D eigenvalue weighted by Crippen LogP contribution is 2.14. The van der Waals surface area contributed by atoms with E-state index < -0.39 is 0 Å². The lowest BCUT2D eigenvalue weighted by Crippen LogP contribution is -2.05. The molecule has 0 aliphatic heterocycles. The highest BCUT2D eigenvalue weighted by molar-refractivity contribution is 6.30.